The number of benzene rings is 1. The van der Waals surface area contributed by atoms with Crippen LogP contribution in [0.25, 0.3) is 0 Å². The zero-order valence-corrected chi connectivity index (χ0v) is 12.2. The summed E-state index contributed by atoms with van der Waals surface area (Å²) in [6.45, 7) is 1.85. The Kier molecular flexibility index (Phi) is 4.56. The molecule has 0 bridgehead atoms. The number of rotatable bonds is 4. The van der Waals surface area contributed by atoms with E-state index in [1.54, 1.807) is 0 Å². The zero-order chi connectivity index (χ0) is 14.5. The molecule has 4 heteroatoms. The van der Waals surface area contributed by atoms with Crippen LogP contribution in [0.3, 0.4) is 0 Å². The minimum Gasteiger partial charge on any atom is -0.342 e. The van der Waals surface area contributed by atoms with Crippen LogP contribution in [0.2, 0.25) is 0 Å². The topological polar surface area (TPSA) is 32.3 Å². The van der Waals surface area contributed by atoms with Crippen LogP contribution in [0.5, 0.6) is 0 Å². The van der Waals surface area contributed by atoms with Crippen molar-refractivity contribution in [3.63, 3.8) is 0 Å². The van der Waals surface area contributed by atoms with E-state index in [9.17, 15) is 4.79 Å². The first-order valence-electron chi connectivity index (χ1n) is 7.63. The van der Waals surface area contributed by atoms with Crippen molar-refractivity contribution in [1.82, 2.24) is 4.81 Å². The maximum absolute atomic E-state index is 12.4. The van der Waals surface area contributed by atoms with E-state index in [-0.39, 0.29) is 11.8 Å². The van der Waals surface area contributed by atoms with Crippen molar-refractivity contribution >= 4 is 19.0 Å². The van der Waals surface area contributed by atoms with Gasteiger partial charge in [0.25, 0.3) is 0 Å². The lowest BCUT2D eigenvalue weighted by molar-refractivity contribution is -0.120. The molecule has 1 aromatic carbocycles. The number of hydrogen-bond donors (Lipinski definition) is 1. The maximum atomic E-state index is 12.4. The molecule has 2 aliphatic rings. The fourth-order valence-corrected chi connectivity index (χ4v) is 2.89. The first kappa shape index (κ1) is 14.1. The van der Waals surface area contributed by atoms with Crippen LogP contribution in [-0.4, -0.2) is 31.2 Å². The van der Waals surface area contributed by atoms with Crippen molar-refractivity contribution in [3.8, 4) is 0 Å². The predicted octanol–water partition coefficient (Wildman–Crippen LogP) is 2.80. The average Bonchev–Trinajstić information content (AvgIpc) is 3.01. The summed E-state index contributed by atoms with van der Waals surface area (Å²) in [5.41, 5.74) is 2.14. The number of anilines is 1. The van der Waals surface area contributed by atoms with Gasteiger partial charge in [0.05, 0.1) is 5.92 Å². The minimum atomic E-state index is 0.0705. The third kappa shape index (κ3) is 3.85. The second kappa shape index (κ2) is 6.77. The van der Waals surface area contributed by atoms with Gasteiger partial charge in [-0.15, -0.1) is 0 Å². The van der Waals surface area contributed by atoms with Crippen LogP contribution in [-0.2, 0) is 4.79 Å². The summed E-state index contributed by atoms with van der Waals surface area (Å²) in [6, 6.07) is 9.69. The number of piperidine rings is 1. The van der Waals surface area contributed by atoms with Gasteiger partial charge in [-0.3, -0.25) is 4.79 Å². The standard InChI is InChI=1S/C17H20BN2O/c21-17(19-16-10-2-1-3-11-16)14-7-6-12-20(13-14)18-15-8-4-5-9-15/h1-4,8-11,14H,5-7,12-13H2,(H,19,21). The van der Waals surface area contributed by atoms with E-state index in [4.69, 9.17) is 0 Å². The molecular weight excluding hydrogens is 259 g/mol. The van der Waals surface area contributed by atoms with Crippen LogP contribution in [0.15, 0.2) is 54.0 Å². The van der Waals surface area contributed by atoms with Crippen molar-refractivity contribution in [2.24, 2.45) is 5.92 Å². The lowest BCUT2D eigenvalue weighted by Gasteiger charge is -2.31. The van der Waals surface area contributed by atoms with Gasteiger partial charge in [-0.2, -0.15) is 0 Å². The molecule has 3 rings (SSSR count). The van der Waals surface area contributed by atoms with E-state index in [2.05, 4.69) is 35.8 Å². The molecular formula is C17H20BN2O. The fourth-order valence-electron chi connectivity index (χ4n) is 2.89. The normalized spacial score (nSPS) is 21.9. The van der Waals surface area contributed by atoms with E-state index in [1.807, 2.05) is 30.3 Å². The van der Waals surface area contributed by atoms with Crippen LogP contribution in [0, 0.1) is 5.92 Å². The Balaban J connectivity index is 1.55. The molecule has 107 valence electrons. The minimum absolute atomic E-state index is 0.0705. The second-order valence-corrected chi connectivity index (χ2v) is 5.66. The van der Waals surface area contributed by atoms with Crippen LogP contribution in [0.4, 0.5) is 5.69 Å². The Hall–Kier alpha value is -1.81. The quantitative estimate of drug-likeness (QED) is 0.859. The van der Waals surface area contributed by atoms with Crippen molar-refractivity contribution < 1.29 is 4.79 Å². The summed E-state index contributed by atoms with van der Waals surface area (Å²) >= 11 is 0. The number of amides is 1. The molecule has 0 saturated carbocycles. The Labute approximate surface area is 127 Å². The van der Waals surface area contributed by atoms with Gasteiger partial charge < -0.3 is 10.1 Å². The highest BCUT2D eigenvalue weighted by Crippen LogP contribution is 2.20. The lowest BCUT2D eigenvalue weighted by atomic mass is 9.77. The summed E-state index contributed by atoms with van der Waals surface area (Å²) in [4.78, 5) is 14.6. The van der Waals surface area contributed by atoms with E-state index in [1.165, 1.54) is 5.47 Å². The first-order valence-corrected chi connectivity index (χ1v) is 7.63. The Morgan fingerprint density at radius 2 is 2.14 bits per heavy atom. The number of nitrogens with one attached hydrogen (secondary N) is 1. The van der Waals surface area contributed by atoms with E-state index >= 15 is 0 Å². The summed E-state index contributed by atoms with van der Waals surface area (Å²) in [5, 5.41) is 3.02. The van der Waals surface area contributed by atoms with E-state index < -0.39 is 0 Å². The number of hydrogen-bond acceptors (Lipinski definition) is 2. The molecule has 0 spiro atoms. The van der Waals surface area contributed by atoms with Crippen LogP contribution in [0.1, 0.15) is 19.3 Å². The molecule has 1 radical (unpaired) electrons. The van der Waals surface area contributed by atoms with Gasteiger partial charge in [-0.1, -0.05) is 41.9 Å². The Bertz CT molecular complexity index is 553. The average molecular weight is 279 g/mol. The number of para-hydroxylation sites is 1. The molecule has 21 heavy (non-hydrogen) atoms. The number of nitrogens with zero attached hydrogens (tertiary/aromatic N) is 1. The molecule has 1 aliphatic carbocycles. The van der Waals surface area contributed by atoms with Gasteiger partial charge in [0.1, 0.15) is 0 Å². The molecule has 1 unspecified atom stereocenters. The molecule has 1 aliphatic heterocycles. The molecule has 1 saturated heterocycles. The monoisotopic (exact) mass is 279 g/mol. The van der Waals surface area contributed by atoms with Gasteiger partial charge in [0.2, 0.25) is 13.3 Å². The SMILES string of the molecule is O=C(Nc1ccccc1)C1CCCN([B]C2=CCC=C2)C1. The third-order valence-electron chi connectivity index (χ3n) is 4.00. The second-order valence-electron chi connectivity index (χ2n) is 5.66. The summed E-state index contributed by atoms with van der Waals surface area (Å²) < 4.78 is 0. The highest BCUT2D eigenvalue weighted by Gasteiger charge is 2.26. The molecule has 1 N–H and O–H groups in total. The van der Waals surface area contributed by atoms with Crippen molar-refractivity contribution in [1.29, 1.82) is 0 Å². The summed E-state index contributed by atoms with van der Waals surface area (Å²) in [7, 11) is 2.19. The largest absolute Gasteiger partial charge is 0.342 e. The van der Waals surface area contributed by atoms with Gasteiger partial charge >= 0.3 is 0 Å². The molecule has 1 fully saturated rings. The third-order valence-corrected chi connectivity index (χ3v) is 4.00. The fraction of sp³-hybridized carbons (Fsp3) is 0.353. The number of allylic oxidation sites excluding steroid dienone is 4. The highest BCUT2D eigenvalue weighted by molar-refractivity contribution is 6.43. The number of carbonyl (C=O) groups is 1. The van der Waals surface area contributed by atoms with Gasteiger partial charge in [-0.05, 0) is 44.5 Å². The molecule has 1 aromatic rings. The molecule has 1 atom stereocenters. The molecule has 0 aromatic heterocycles. The predicted molar refractivity (Wildman–Crippen MR) is 87.0 cm³/mol. The van der Waals surface area contributed by atoms with Gasteiger partial charge in [0, 0.05) is 5.69 Å². The van der Waals surface area contributed by atoms with Crippen molar-refractivity contribution in [3.05, 3.63) is 54.0 Å². The van der Waals surface area contributed by atoms with Gasteiger partial charge in [0.15, 0.2) is 0 Å². The summed E-state index contributed by atoms with van der Waals surface area (Å²) in [5.74, 6) is 0.205. The van der Waals surface area contributed by atoms with E-state index in [0.717, 1.165) is 38.0 Å². The molecule has 1 heterocycles. The highest BCUT2D eigenvalue weighted by atomic mass is 16.1. The van der Waals surface area contributed by atoms with Gasteiger partial charge in [-0.25, -0.2) is 0 Å². The zero-order valence-electron chi connectivity index (χ0n) is 12.2. The molecule has 3 nitrogen and oxygen atoms in total. The Morgan fingerprint density at radius 3 is 2.90 bits per heavy atom. The smallest absolute Gasteiger partial charge is 0.247 e. The summed E-state index contributed by atoms with van der Waals surface area (Å²) in [6.07, 6.45) is 9.59. The number of carbonyl (C=O) groups excluding carboxylic acids is 1. The van der Waals surface area contributed by atoms with Crippen LogP contribution >= 0.6 is 0 Å². The van der Waals surface area contributed by atoms with Crippen molar-refractivity contribution in [2.45, 2.75) is 19.3 Å². The Morgan fingerprint density at radius 1 is 1.29 bits per heavy atom. The van der Waals surface area contributed by atoms with Crippen molar-refractivity contribution in [2.75, 3.05) is 18.4 Å². The molecule has 1 amide bonds. The first-order chi connectivity index (χ1) is 10.3. The van der Waals surface area contributed by atoms with E-state index in [0.29, 0.717) is 0 Å². The maximum Gasteiger partial charge on any atom is 0.247 e. The van der Waals surface area contributed by atoms with Crippen LogP contribution < -0.4 is 5.32 Å². The lowest BCUT2D eigenvalue weighted by Crippen LogP contribution is -2.42.